The normalized spacial score (nSPS) is 29.5. The Balaban J connectivity index is 1.77. The van der Waals surface area contributed by atoms with E-state index in [-0.39, 0.29) is 24.8 Å². The maximum absolute atomic E-state index is 12.5. The van der Waals surface area contributed by atoms with Crippen LogP contribution >= 0.6 is 11.6 Å². The number of hydrogen-bond acceptors (Lipinski definition) is 2. The van der Waals surface area contributed by atoms with Crippen LogP contribution < -0.4 is 0 Å². The number of hydrogen-bond donors (Lipinski definition) is 0. The van der Waals surface area contributed by atoms with Gasteiger partial charge in [0.25, 0.3) is 0 Å². The summed E-state index contributed by atoms with van der Waals surface area (Å²) < 4.78 is 25.1. The summed E-state index contributed by atoms with van der Waals surface area (Å²) >= 11 is 5.17. The van der Waals surface area contributed by atoms with Gasteiger partial charge >= 0.3 is 0 Å². The molecule has 2 aliphatic rings. The van der Waals surface area contributed by atoms with Crippen molar-refractivity contribution in [3.63, 3.8) is 0 Å². The van der Waals surface area contributed by atoms with Crippen molar-refractivity contribution in [2.45, 2.75) is 18.8 Å². The van der Waals surface area contributed by atoms with E-state index in [1.165, 1.54) is 0 Å². The van der Waals surface area contributed by atoms with Crippen molar-refractivity contribution < 1.29 is 13.6 Å². The molecule has 1 aliphatic heterocycles. The molecule has 0 N–H and O–H groups in total. The maximum atomic E-state index is 12.5. The summed E-state index contributed by atoms with van der Waals surface area (Å²) in [6.07, 6.45) is -0.0417. The average Bonchev–Trinajstić information content (AvgIpc) is 1.77. The van der Waals surface area contributed by atoms with Crippen LogP contribution in [0.5, 0.6) is 0 Å². The molecule has 2 nitrogen and oxygen atoms in total. The molecule has 74 valence electrons. The highest BCUT2D eigenvalue weighted by atomic mass is 35.5. The van der Waals surface area contributed by atoms with Crippen LogP contribution in [0.2, 0.25) is 0 Å². The minimum atomic E-state index is -2.46. The zero-order valence-corrected chi connectivity index (χ0v) is 7.78. The Labute approximate surface area is 79.8 Å². The summed E-state index contributed by atoms with van der Waals surface area (Å²) in [4.78, 5) is 12.3. The third-order valence-corrected chi connectivity index (χ3v) is 2.85. The minimum absolute atomic E-state index is 0.0209. The number of carbonyl (C=O) groups excluding carboxylic acids is 1. The van der Waals surface area contributed by atoms with Gasteiger partial charge in [-0.2, -0.15) is 0 Å². The van der Waals surface area contributed by atoms with Gasteiger partial charge < -0.3 is 0 Å². The van der Waals surface area contributed by atoms with Crippen molar-refractivity contribution in [2.24, 2.45) is 5.41 Å². The van der Waals surface area contributed by atoms with Crippen LogP contribution in [-0.2, 0) is 4.79 Å². The molecular weight excluding hydrogens is 200 g/mol. The van der Waals surface area contributed by atoms with Crippen molar-refractivity contribution >= 4 is 16.8 Å². The molecule has 0 bridgehead atoms. The minimum Gasteiger partial charge on any atom is -0.294 e. The Bertz CT molecular complexity index is 241. The fraction of sp³-hybridized carbons (Fsp3) is 0.875. The van der Waals surface area contributed by atoms with E-state index < -0.39 is 11.2 Å². The molecule has 0 atom stereocenters. The summed E-state index contributed by atoms with van der Waals surface area (Å²) in [5.74, 6) is -2.46. The third kappa shape index (κ3) is 1.70. The van der Waals surface area contributed by atoms with Crippen molar-refractivity contribution in [1.82, 2.24) is 4.90 Å². The fourth-order valence-electron chi connectivity index (χ4n) is 2.46. The van der Waals surface area contributed by atoms with Gasteiger partial charge in [0.1, 0.15) is 0 Å². The van der Waals surface area contributed by atoms with Crippen LogP contribution in [0.4, 0.5) is 8.78 Å². The fourth-order valence-corrected chi connectivity index (χ4v) is 2.63. The first-order chi connectivity index (χ1) is 5.91. The van der Waals surface area contributed by atoms with E-state index in [1.54, 1.807) is 0 Å². The maximum Gasteiger partial charge on any atom is 0.249 e. The molecule has 0 amide bonds. The zero-order chi connectivity index (χ0) is 9.69. The van der Waals surface area contributed by atoms with Gasteiger partial charge in [-0.15, -0.1) is 0 Å². The molecule has 0 aromatic carbocycles. The molecule has 1 heterocycles. The predicted octanol–water partition coefficient (Wildman–Crippen LogP) is 1.48. The summed E-state index contributed by atoms with van der Waals surface area (Å²) in [5.41, 5.74) is -0.199. The Kier molecular flexibility index (Phi) is 1.90. The second-order valence-electron chi connectivity index (χ2n) is 4.21. The first-order valence-corrected chi connectivity index (χ1v) is 4.57. The highest BCUT2D eigenvalue weighted by molar-refractivity contribution is 6.64. The van der Waals surface area contributed by atoms with Gasteiger partial charge in [0.05, 0.1) is 6.54 Å². The first-order valence-electron chi connectivity index (χ1n) is 4.19. The molecule has 2 fully saturated rings. The third-order valence-electron chi connectivity index (χ3n) is 2.73. The van der Waals surface area contributed by atoms with Crippen LogP contribution in [0.3, 0.4) is 0 Å². The van der Waals surface area contributed by atoms with E-state index >= 15 is 0 Å². The second-order valence-corrected chi connectivity index (χ2v) is 4.63. The number of alkyl halides is 2. The molecular formula is C8H10ClF2NO. The van der Waals surface area contributed by atoms with Crippen LogP contribution in [-0.4, -0.2) is 35.7 Å². The average molecular weight is 210 g/mol. The largest absolute Gasteiger partial charge is 0.294 e. The smallest absolute Gasteiger partial charge is 0.249 e. The number of rotatable bonds is 2. The van der Waals surface area contributed by atoms with E-state index in [9.17, 15) is 13.6 Å². The predicted molar refractivity (Wildman–Crippen MR) is 43.9 cm³/mol. The quantitative estimate of drug-likeness (QED) is 0.643. The van der Waals surface area contributed by atoms with Crippen molar-refractivity contribution in [2.75, 3.05) is 19.6 Å². The highest BCUT2D eigenvalue weighted by Crippen LogP contribution is 2.56. The number of halogens is 3. The molecule has 5 heteroatoms. The number of likely N-dealkylation sites (tertiary alicyclic amines) is 1. The molecule has 13 heavy (non-hydrogen) atoms. The second kappa shape index (κ2) is 2.64. The lowest BCUT2D eigenvalue weighted by Crippen LogP contribution is -2.66. The first kappa shape index (κ1) is 9.34. The summed E-state index contributed by atoms with van der Waals surface area (Å²) in [6.45, 7) is 1.39. The molecule has 1 spiro atoms. The Morgan fingerprint density at radius 3 is 2.31 bits per heavy atom. The van der Waals surface area contributed by atoms with Crippen molar-refractivity contribution in [3.8, 4) is 0 Å². The highest BCUT2D eigenvalue weighted by Gasteiger charge is 2.61. The van der Waals surface area contributed by atoms with Crippen molar-refractivity contribution in [1.29, 1.82) is 0 Å². The topological polar surface area (TPSA) is 20.3 Å². The summed E-state index contributed by atoms with van der Waals surface area (Å²) in [6, 6.07) is 0. The van der Waals surface area contributed by atoms with Gasteiger partial charge in [0.15, 0.2) is 0 Å². The Hall–Kier alpha value is -0.220. The number of carbonyl (C=O) groups is 1. The van der Waals surface area contributed by atoms with E-state index in [0.717, 1.165) is 0 Å². The molecule has 0 radical (unpaired) electrons. The Morgan fingerprint density at radius 1 is 1.38 bits per heavy atom. The molecule has 0 aromatic rings. The SMILES string of the molecule is O=C(Cl)CN1CC2(C1)CC(F)(F)C2. The molecule has 0 aromatic heterocycles. The standard InChI is InChI=1S/C8H10ClF2NO/c9-6(13)1-12-4-7(5-12)2-8(10,11)3-7/h1-5H2. The van der Waals surface area contributed by atoms with Crippen molar-refractivity contribution in [3.05, 3.63) is 0 Å². The van der Waals surface area contributed by atoms with Crippen LogP contribution in [0, 0.1) is 5.41 Å². The van der Waals surface area contributed by atoms with Gasteiger partial charge in [-0.1, -0.05) is 0 Å². The summed E-state index contributed by atoms with van der Waals surface area (Å²) in [7, 11) is 0. The molecule has 0 unspecified atom stereocenters. The molecule has 2 rings (SSSR count). The monoisotopic (exact) mass is 209 g/mol. The number of nitrogens with zero attached hydrogens (tertiary/aromatic N) is 1. The molecule has 1 saturated heterocycles. The zero-order valence-electron chi connectivity index (χ0n) is 7.02. The van der Waals surface area contributed by atoms with Crippen LogP contribution in [0.25, 0.3) is 0 Å². The lowest BCUT2D eigenvalue weighted by atomic mass is 9.61. The molecule has 1 saturated carbocycles. The van der Waals surface area contributed by atoms with E-state index in [4.69, 9.17) is 11.6 Å². The lowest BCUT2D eigenvalue weighted by molar-refractivity contribution is -0.212. The molecule has 1 aliphatic carbocycles. The van der Waals surface area contributed by atoms with Crippen LogP contribution in [0.15, 0.2) is 0 Å². The van der Waals surface area contributed by atoms with Crippen LogP contribution in [0.1, 0.15) is 12.8 Å². The van der Waals surface area contributed by atoms with Gasteiger partial charge in [-0.05, 0) is 11.6 Å². The lowest BCUT2D eigenvalue weighted by Gasteiger charge is -2.58. The van der Waals surface area contributed by atoms with Gasteiger partial charge in [0, 0.05) is 31.3 Å². The van der Waals surface area contributed by atoms with E-state index in [0.29, 0.717) is 13.1 Å². The van der Waals surface area contributed by atoms with Gasteiger partial charge in [0.2, 0.25) is 11.2 Å². The van der Waals surface area contributed by atoms with Gasteiger partial charge in [-0.3, -0.25) is 9.69 Å². The van der Waals surface area contributed by atoms with Gasteiger partial charge in [-0.25, -0.2) is 8.78 Å². The van der Waals surface area contributed by atoms with E-state index in [1.807, 2.05) is 4.90 Å². The van der Waals surface area contributed by atoms with E-state index in [2.05, 4.69) is 0 Å². The summed E-state index contributed by atoms with van der Waals surface area (Å²) in [5, 5.41) is -0.416. The Morgan fingerprint density at radius 2 is 1.92 bits per heavy atom.